The molecule has 0 saturated heterocycles. The molecule has 43 heavy (non-hydrogen) atoms. The molecule has 8 N–H and O–H groups in total. The second kappa shape index (κ2) is 19.7. The summed E-state index contributed by atoms with van der Waals surface area (Å²) in [5, 5.41) is 22.3. The van der Waals surface area contributed by atoms with E-state index in [0.29, 0.717) is 6.42 Å². The highest BCUT2D eigenvalue weighted by atomic mass is 32.1. The van der Waals surface area contributed by atoms with Crippen LogP contribution in [0.3, 0.4) is 0 Å². The Balaban J connectivity index is 5.91. The SMILES string of the molecule is CC(C)C[C@H](NC(=O)[C@@H](NC(=O)[C@H](CC(C)C)NC(=O)[C@@H](N)CS)C(C)C)C(=O)N[C@H](C(=O)N[C@@H](CS)C(=O)O)C(C)C. The van der Waals surface area contributed by atoms with E-state index in [4.69, 9.17) is 5.73 Å². The van der Waals surface area contributed by atoms with Gasteiger partial charge in [-0.15, -0.1) is 0 Å². The maximum atomic E-state index is 13.5. The van der Waals surface area contributed by atoms with Crippen LogP contribution >= 0.6 is 25.3 Å². The molecule has 13 nitrogen and oxygen atoms in total. The van der Waals surface area contributed by atoms with Gasteiger partial charge in [-0.2, -0.15) is 25.3 Å². The van der Waals surface area contributed by atoms with E-state index >= 15 is 0 Å². The van der Waals surface area contributed by atoms with E-state index < -0.39 is 77.7 Å². The monoisotopic (exact) mass is 648 g/mol. The van der Waals surface area contributed by atoms with Crippen molar-refractivity contribution in [3.8, 4) is 0 Å². The highest BCUT2D eigenvalue weighted by Crippen LogP contribution is 2.12. The highest BCUT2D eigenvalue weighted by molar-refractivity contribution is 7.80. The second-order valence-corrected chi connectivity index (χ2v) is 12.9. The van der Waals surface area contributed by atoms with Crippen LogP contribution in [0.5, 0.6) is 0 Å². The Bertz CT molecular complexity index is 964. The van der Waals surface area contributed by atoms with Crippen molar-refractivity contribution < 1.29 is 33.9 Å². The standard InChI is InChI=1S/C28H52N6O7S2/c1-13(2)9-18(30-23(35)17(29)11-42)24(36)33-21(15(5)6)26(38)31-19(10-14(3)4)25(37)34-22(16(7)8)27(39)32-20(12-43)28(40)41/h13-22,42-43H,9-12,29H2,1-8H3,(H,30,35)(H,31,38)(H,32,39)(H,33,36)(H,34,37)(H,40,41)/t17-,18-,19-,20-,21-,22-/m0/s1. The van der Waals surface area contributed by atoms with E-state index in [0.717, 1.165) is 0 Å². The Morgan fingerprint density at radius 3 is 1.19 bits per heavy atom. The molecule has 0 radical (unpaired) electrons. The normalized spacial score (nSPS) is 15.7. The fourth-order valence-electron chi connectivity index (χ4n) is 4.05. The van der Waals surface area contributed by atoms with Gasteiger partial charge in [0.15, 0.2) is 0 Å². The minimum Gasteiger partial charge on any atom is -0.480 e. The highest BCUT2D eigenvalue weighted by Gasteiger charge is 2.34. The molecule has 0 rings (SSSR count). The molecule has 0 unspecified atom stereocenters. The summed E-state index contributed by atoms with van der Waals surface area (Å²) in [5.74, 6) is -5.13. The average Bonchev–Trinajstić information content (AvgIpc) is 2.90. The van der Waals surface area contributed by atoms with Gasteiger partial charge in [0.1, 0.15) is 30.2 Å². The third-order valence-corrected chi connectivity index (χ3v) is 7.26. The molecule has 0 aliphatic heterocycles. The van der Waals surface area contributed by atoms with Gasteiger partial charge in [-0.1, -0.05) is 55.4 Å². The molecule has 0 heterocycles. The first-order valence-corrected chi connectivity index (χ1v) is 15.8. The van der Waals surface area contributed by atoms with Crippen molar-refractivity contribution in [3.63, 3.8) is 0 Å². The molecular formula is C28H52N6O7S2. The zero-order valence-electron chi connectivity index (χ0n) is 26.5. The van der Waals surface area contributed by atoms with Crippen molar-refractivity contribution in [3.05, 3.63) is 0 Å². The van der Waals surface area contributed by atoms with Gasteiger partial charge in [0.05, 0.1) is 6.04 Å². The lowest BCUT2D eigenvalue weighted by molar-refractivity contribution is -0.142. The third kappa shape index (κ3) is 14.7. The number of carboxylic acids is 1. The van der Waals surface area contributed by atoms with Crippen molar-refractivity contribution in [2.75, 3.05) is 11.5 Å². The summed E-state index contributed by atoms with van der Waals surface area (Å²) >= 11 is 7.98. The summed E-state index contributed by atoms with van der Waals surface area (Å²) < 4.78 is 0. The molecule has 6 atom stereocenters. The van der Waals surface area contributed by atoms with Crippen LogP contribution in [0.4, 0.5) is 0 Å². The molecule has 0 spiro atoms. The largest absolute Gasteiger partial charge is 0.480 e. The summed E-state index contributed by atoms with van der Waals surface area (Å²) in [7, 11) is 0. The predicted molar refractivity (Wildman–Crippen MR) is 172 cm³/mol. The molecule has 0 fully saturated rings. The van der Waals surface area contributed by atoms with E-state index in [9.17, 15) is 33.9 Å². The second-order valence-electron chi connectivity index (χ2n) is 12.2. The van der Waals surface area contributed by atoms with E-state index in [-0.39, 0.29) is 35.7 Å². The van der Waals surface area contributed by atoms with Crippen LogP contribution in [-0.4, -0.2) is 88.4 Å². The molecule has 0 aromatic heterocycles. The summed E-state index contributed by atoms with van der Waals surface area (Å²) in [6.45, 7) is 14.3. The smallest absolute Gasteiger partial charge is 0.327 e. The summed E-state index contributed by atoms with van der Waals surface area (Å²) in [5.41, 5.74) is 5.76. The summed E-state index contributed by atoms with van der Waals surface area (Å²) in [4.78, 5) is 76.7. The minimum absolute atomic E-state index is 0.0308. The first kappa shape index (κ1) is 40.5. The van der Waals surface area contributed by atoms with Gasteiger partial charge in [0, 0.05) is 11.5 Å². The maximum absolute atomic E-state index is 13.5. The van der Waals surface area contributed by atoms with Crippen LogP contribution in [0.2, 0.25) is 0 Å². The molecule has 0 aliphatic carbocycles. The van der Waals surface area contributed by atoms with Gasteiger partial charge in [0.2, 0.25) is 29.5 Å². The van der Waals surface area contributed by atoms with Crippen molar-refractivity contribution in [2.45, 2.75) is 104 Å². The Hall–Kier alpha value is -2.52. The number of amides is 5. The molecule has 0 aliphatic rings. The van der Waals surface area contributed by atoms with Crippen LogP contribution < -0.4 is 32.3 Å². The van der Waals surface area contributed by atoms with Crippen LogP contribution in [0.1, 0.15) is 68.2 Å². The predicted octanol–water partition coefficient (Wildman–Crippen LogP) is 0.0861. The lowest BCUT2D eigenvalue weighted by atomic mass is 9.97. The molecule has 248 valence electrons. The van der Waals surface area contributed by atoms with Crippen molar-refractivity contribution in [1.82, 2.24) is 26.6 Å². The van der Waals surface area contributed by atoms with Gasteiger partial charge in [-0.25, -0.2) is 4.79 Å². The number of rotatable bonds is 19. The Labute approximate surface area is 266 Å². The number of thiol groups is 2. The zero-order valence-corrected chi connectivity index (χ0v) is 28.3. The van der Waals surface area contributed by atoms with Gasteiger partial charge in [-0.3, -0.25) is 24.0 Å². The Kier molecular flexibility index (Phi) is 18.5. The topological polar surface area (TPSA) is 209 Å². The van der Waals surface area contributed by atoms with Gasteiger partial charge in [0.25, 0.3) is 0 Å². The zero-order chi connectivity index (χ0) is 33.6. The van der Waals surface area contributed by atoms with Gasteiger partial charge >= 0.3 is 5.97 Å². The lowest BCUT2D eigenvalue weighted by Gasteiger charge is -2.30. The molecule has 0 bridgehead atoms. The fourth-order valence-corrected chi connectivity index (χ4v) is 4.47. The third-order valence-electron chi connectivity index (χ3n) is 6.50. The number of carbonyl (C=O) groups is 6. The van der Waals surface area contributed by atoms with Crippen LogP contribution in [0.15, 0.2) is 0 Å². The Morgan fingerprint density at radius 2 is 0.907 bits per heavy atom. The molecule has 0 aromatic carbocycles. The Morgan fingerprint density at radius 1 is 0.558 bits per heavy atom. The number of aliphatic carboxylic acids is 1. The number of carboxylic acid groups (broad SMARTS) is 1. The molecule has 0 saturated carbocycles. The average molecular weight is 649 g/mol. The molecule has 0 aromatic rings. The maximum Gasteiger partial charge on any atom is 0.327 e. The number of nitrogens with one attached hydrogen (secondary N) is 5. The minimum atomic E-state index is -1.26. The molecular weight excluding hydrogens is 596 g/mol. The first-order valence-electron chi connectivity index (χ1n) is 14.6. The first-order chi connectivity index (χ1) is 19.9. The summed E-state index contributed by atoms with van der Waals surface area (Å²) in [6.07, 6.45) is 0.529. The van der Waals surface area contributed by atoms with E-state index in [2.05, 4.69) is 51.8 Å². The number of carbonyl (C=O) groups excluding carboxylic acids is 5. The number of nitrogens with two attached hydrogens (primary N) is 1. The molecule has 15 heteroatoms. The van der Waals surface area contributed by atoms with E-state index in [1.807, 2.05) is 27.7 Å². The quantitative estimate of drug-likeness (QED) is 0.0875. The lowest BCUT2D eigenvalue weighted by Crippen LogP contribution is -2.61. The van der Waals surface area contributed by atoms with Gasteiger partial charge < -0.3 is 37.4 Å². The van der Waals surface area contributed by atoms with Gasteiger partial charge in [-0.05, 0) is 36.5 Å². The number of hydrogen-bond acceptors (Lipinski definition) is 9. The molecule has 5 amide bonds. The van der Waals surface area contributed by atoms with E-state index in [1.165, 1.54) is 0 Å². The van der Waals surface area contributed by atoms with Crippen LogP contribution in [-0.2, 0) is 28.8 Å². The van der Waals surface area contributed by atoms with Crippen molar-refractivity contribution in [1.29, 1.82) is 0 Å². The van der Waals surface area contributed by atoms with Crippen LogP contribution in [0.25, 0.3) is 0 Å². The fraction of sp³-hybridized carbons (Fsp3) is 0.786. The van der Waals surface area contributed by atoms with E-state index in [1.54, 1.807) is 27.7 Å². The van der Waals surface area contributed by atoms with Crippen LogP contribution in [0, 0.1) is 23.7 Å². The number of hydrogen-bond donors (Lipinski definition) is 9. The summed E-state index contributed by atoms with van der Waals surface area (Å²) in [6, 6.07) is -6.27. The van der Waals surface area contributed by atoms with Crippen molar-refractivity contribution in [2.24, 2.45) is 29.4 Å². The van der Waals surface area contributed by atoms with Crippen molar-refractivity contribution >= 4 is 60.8 Å².